The molecule has 0 saturated carbocycles. The second kappa shape index (κ2) is 6.53. The molecule has 1 aromatic carbocycles. The fraction of sp³-hybridized carbons (Fsp3) is 0.263. The number of rotatable bonds is 4. The van der Waals surface area contributed by atoms with Gasteiger partial charge in [-0.1, -0.05) is 48.8 Å². The molecule has 0 aliphatic carbocycles. The third kappa shape index (κ3) is 2.97. The van der Waals surface area contributed by atoms with Gasteiger partial charge in [0, 0.05) is 31.1 Å². The van der Waals surface area contributed by atoms with Crippen LogP contribution in [0.2, 0.25) is 5.15 Å². The quantitative estimate of drug-likeness (QED) is 0.492. The van der Waals surface area contributed by atoms with Crippen molar-refractivity contribution < 1.29 is 4.52 Å². The van der Waals surface area contributed by atoms with Gasteiger partial charge in [-0.2, -0.15) is 4.98 Å². The van der Waals surface area contributed by atoms with Gasteiger partial charge in [0.15, 0.2) is 5.15 Å². The number of nitrogens with zero attached hydrogens (tertiary/aromatic N) is 5. The first-order chi connectivity index (χ1) is 12.5. The van der Waals surface area contributed by atoms with Crippen LogP contribution in [0.5, 0.6) is 0 Å². The van der Waals surface area contributed by atoms with E-state index in [1.807, 2.05) is 18.2 Å². The Morgan fingerprint density at radius 2 is 2.04 bits per heavy atom. The van der Waals surface area contributed by atoms with E-state index in [9.17, 15) is 0 Å². The molecule has 0 bridgehead atoms. The fourth-order valence-electron chi connectivity index (χ4n) is 3.07. The summed E-state index contributed by atoms with van der Waals surface area (Å²) < 4.78 is 7.22. The molecule has 0 saturated heterocycles. The van der Waals surface area contributed by atoms with Gasteiger partial charge in [-0.15, -0.1) is 0 Å². The molecule has 4 rings (SSSR count). The van der Waals surface area contributed by atoms with E-state index in [0.29, 0.717) is 23.4 Å². The van der Waals surface area contributed by atoms with Crippen LogP contribution in [-0.2, 0) is 6.54 Å². The van der Waals surface area contributed by atoms with Gasteiger partial charge in [0.1, 0.15) is 11.3 Å². The smallest absolute Gasteiger partial charge is 0.223 e. The molecule has 3 heterocycles. The lowest BCUT2D eigenvalue weighted by Gasteiger charge is -2.12. The van der Waals surface area contributed by atoms with Gasteiger partial charge < -0.3 is 9.09 Å². The van der Waals surface area contributed by atoms with Crippen LogP contribution >= 0.6 is 11.6 Å². The largest absolute Gasteiger partial charge is 0.339 e. The maximum atomic E-state index is 6.37. The summed E-state index contributed by atoms with van der Waals surface area (Å²) in [4.78, 5) is 13.3. The number of aryl methyl sites for hydroxylation is 1. The highest BCUT2D eigenvalue weighted by atomic mass is 35.5. The highest BCUT2D eigenvalue weighted by Crippen LogP contribution is 2.28. The molecule has 0 amide bonds. The van der Waals surface area contributed by atoms with Crippen LogP contribution < -0.4 is 0 Å². The van der Waals surface area contributed by atoms with Crippen LogP contribution in [0.3, 0.4) is 0 Å². The molecule has 3 aromatic heterocycles. The van der Waals surface area contributed by atoms with E-state index in [1.54, 1.807) is 13.1 Å². The Hall–Kier alpha value is -2.73. The van der Waals surface area contributed by atoms with Crippen LogP contribution in [-0.4, -0.2) is 24.7 Å². The predicted molar refractivity (Wildman–Crippen MR) is 100 cm³/mol. The average molecular weight is 368 g/mol. The van der Waals surface area contributed by atoms with E-state index in [4.69, 9.17) is 21.1 Å². The van der Waals surface area contributed by atoms with Crippen LogP contribution in [0.25, 0.3) is 22.4 Å². The first kappa shape index (κ1) is 16.7. The van der Waals surface area contributed by atoms with E-state index in [2.05, 4.69) is 45.7 Å². The molecule has 0 atom stereocenters. The molecule has 132 valence electrons. The highest BCUT2D eigenvalue weighted by molar-refractivity contribution is 6.33. The average Bonchev–Trinajstić information content (AvgIpc) is 3.20. The van der Waals surface area contributed by atoms with Crippen molar-refractivity contribution in [2.75, 3.05) is 0 Å². The lowest BCUT2D eigenvalue weighted by atomic mass is 10.1. The molecule has 4 aromatic rings. The van der Waals surface area contributed by atoms with Crippen LogP contribution in [0.15, 0.2) is 41.1 Å². The Kier molecular flexibility index (Phi) is 4.20. The molecule has 0 N–H and O–H groups in total. The first-order valence-electron chi connectivity index (χ1n) is 8.43. The Morgan fingerprint density at radius 1 is 1.19 bits per heavy atom. The molecule has 0 unspecified atom stereocenters. The summed E-state index contributed by atoms with van der Waals surface area (Å²) in [6, 6.07) is 9.98. The second-order valence-corrected chi connectivity index (χ2v) is 6.88. The van der Waals surface area contributed by atoms with Gasteiger partial charge in [-0.25, -0.2) is 9.97 Å². The van der Waals surface area contributed by atoms with E-state index in [-0.39, 0.29) is 5.92 Å². The summed E-state index contributed by atoms with van der Waals surface area (Å²) in [5.41, 5.74) is 3.74. The number of imidazole rings is 1. The molecular formula is C19H18ClN5O. The van der Waals surface area contributed by atoms with Crippen LogP contribution in [0.4, 0.5) is 0 Å². The number of halogens is 1. The number of pyridine rings is 1. The first-order valence-corrected chi connectivity index (χ1v) is 8.81. The normalized spacial score (nSPS) is 11.6. The fourth-order valence-corrected chi connectivity index (χ4v) is 3.32. The van der Waals surface area contributed by atoms with Crippen molar-refractivity contribution >= 4 is 22.6 Å². The van der Waals surface area contributed by atoms with E-state index in [0.717, 1.165) is 28.0 Å². The van der Waals surface area contributed by atoms with Crippen molar-refractivity contribution in [2.24, 2.45) is 0 Å². The maximum absolute atomic E-state index is 6.37. The van der Waals surface area contributed by atoms with E-state index in [1.165, 1.54) is 0 Å². The Bertz CT molecular complexity index is 1080. The van der Waals surface area contributed by atoms with Crippen molar-refractivity contribution in [3.8, 4) is 11.4 Å². The SMILES string of the molecule is Cc1nc(-c2cccc(Cn3c(C(C)C)nc4ccnc(Cl)c43)c2)no1. The van der Waals surface area contributed by atoms with Crippen LogP contribution in [0.1, 0.15) is 37.0 Å². The number of aromatic nitrogens is 5. The van der Waals surface area contributed by atoms with Gasteiger partial charge in [-0.05, 0) is 17.7 Å². The van der Waals surface area contributed by atoms with Crippen LogP contribution in [0, 0.1) is 6.92 Å². The summed E-state index contributed by atoms with van der Waals surface area (Å²) in [6.45, 7) is 6.66. The zero-order valence-corrected chi connectivity index (χ0v) is 15.5. The molecule has 0 fully saturated rings. The Labute approximate surface area is 155 Å². The summed E-state index contributed by atoms with van der Waals surface area (Å²) in [7, 11) is 0. The van der Waals surface area contributed by atoms with E-state index < -0.39 is 0 Å². The standard InChI is InChI=1S/C19H18ClN5O/c1-11(2)19-23-15-7-8-21-17(20)16(15)25(19)10-13-5-4-6-14(9-13)18-22-12(3)26-24-18/h4-9,11H,10H2,1-3H3. The van der Waals surface area contributed by atoms with Gasteiger partial charge in [0.2, 0.25) is 11.7 Å². The zero-order valence-electron chi connectivity index (χ0n) is 14.8. The minimum absolute atomic E-state index is 0.265. The van der Waals surface area contributed by atoms with Crippen molar-refractivity contribution in [3.63, 3.8) is 0 Å². The topological polar surface area (TPSA) is 69.6 Å². The molecule has 0 spiro atoms. The summed E-state index contributed by atoms with van der Waals surface area (Å²) in [5, 5.41) is 4.46. The maximum Gasteiger partial charge on any atom is 0.223 e. The van der Waals surface area contributed by atoms with Gasteiger partial charge in [0.05, 0.1) is 5.52 Å². The minimum Gasteiger partial charge on any atom is -0.339 e. The van der Waals surface area contributed by atoms with Crippen molar-refractivity contribution in [2.45, 2.75) is 33.2 Å². The summed E-state index contributed by atoms with van der Waals surface area (Å²) in [6.07, 6.45) is 1.69. The molecule has 26 heavy (non-hydrogen) atoms. The lowest BCUT2D eigenvalue weighted by molar-refractivity contribution is 0.394. The van der Waals surface area contributed by atoms with Gasteiger partial charge in [0.25, 0.3) is 0 Å². The Balaban J connectivity index is 1.79. The van der Waals surface area contributed by atoms with Gasteiger partial charge in [-0.3, -0.25) is 0 Å². The predicted octanol–water partition coefficient (Wildman–Crippen LogP) is 4.61. The van der Waals surface area contributed by atoms with Crippen molar-refractivity contribution in [1.82, 2.24) is 24.7 Å². The molecule has 0 aliphatic rings. The third-order valence-corrected chi connectivity index (χ3v) is 4.49. The number of fused-ring (bicyclic) bond motifs is 1. The summed E-state index contributed by atoms with van der Waals surface area (Å²) >= 11 is 6.37. The van der Waals surface area contributed by atoms with Crippen molar-refractivity contribution in [1.29, 1.82) is 0 Å². The second-order valence-electron chi connectivity index (χ2n) is 6.52. The highest BCUT2D eigenvalue weighted by Gasteiger charge is 2.17. The zero-order chi connectivity index (χ0) is 18.3. The summed E-state index contributed by atoms with van der Waals surface area (Å²) in [5.74, 6) is 2.38. The monoisotopic (exact) mass is 367 g/mol. The van der Waals surface area contributed by atoms with Gasteiger partial charge >= 0.3 is 0 Å². The number of hydrogen-bond acceptors (Lipinski definition) is 5. The molecule has 0 aliphatic heterocycles. The molecule has 7 heteroatoms. The minimum atomic E-state index is 0.265. The molecule has 0 radical (unpaired) electrons. The van der Waals surface area contributed by atoms with E-state index >= 15 is 0 Å². The lowest BCUT2D eigenvalue weighted by Crippen LogP contribution is -2.07. The number of benzene rings is 1. The molecular weight excluding hydrogens is 350 g/mol. The number of hydrogen-bond donors (Lipinski definition) is 0. The Morgan fingerprint density at radius 3 is 2.77 bits per heavy atom. The third-order valence-electron chi connectivity index (χ3n) is 4.21. The van der Waals surface area contributed by atoms with Crippen molar-refractivity contribution in [3.05, 3.63) is 59.0 Å². The molecule has 6 nitrogen and oxygen atoms in total.